The molecule has 0 aliphatic carbocycles. The summed E-state index contributed by atoms with van der Waals surface area (Å²) in [6, 6.07) is 11.4. The lowest BCUT2D eigenvalue weighted by atomic mass is 10.2. The lowest BCUT2D eigenvalue weighted by Crippen LogP contribution is -2.37. The number of hydrogen-bond donors (Lipinski definition) is 1. The number of benzene rings is 1. The van der Waals surface area contributed by atoms with Crippen molar-refractivity contribution >= 4 is 46.2 Å². The highest BCUT2D eigenvalue weighted by molar-refractivity contribution is 8.18. The van der Waals surface area contributed by atoms with Crippen LogP contribution in [0.3, 0.4) is 0 Å². The monoisotopic (exact) mass is 386 g/mol. The average molecular weight is 386 g/mol. The van der Waals surface area contributed by atoms with Crippen LogP contribution in [0.5, 0.6) is 0 Å². The van der Waals surface area contributed by atoms with Gasteiger partial charge in [0.1, 0.15) is 0 Å². The lowest BCUT2D eigenvalue weighted by molar-refractivity contribution is -0.124. The van der Waals surface area contributed by atoms with E-state index in [1.54, 1.807) is 17.4 Å². The lowest BCUT2D eigenvalue weighted by Gasteiger charge is -2.12. The van der Waals surface area contributed by atoms with Crippen LogP contribution in [0.15, 0.2) is 52.1 Å². The Morgan fingerprint density at radius 1 is 1.15 bits per heavy atom. The van der Waals surface area contributed by atoms with Gasteiger partial charge in [-0.25, -0.2) is 0 Å². The Hall–Kier alpha value is -2.38. The van der Waals surface area contributed by atoms with Crippen LogP contribution in [0.4, 0.5) is 4.79 Å². The van der Waals surface area contributed by atoms with Crippen LogP contribution >= 0.6 is 23.1 Å². The van der Waals surface area contributed by atoms with Gasteiger partial charge in [0, 0.05) is 19.5 Å². The van der Waals surface area contributed by atoms with E-state index in [1.165, 1.54) is 4.90 Å². The number of thioether (sulfide) groups is 1. The van der Waals surface area contributed by atoms with E-state index in [2.05, 4.69) is 5.32 Å². The van der Waals surface area contributed by atoms with E-state index >= 15 is 0 Å². The van der Waals surface area contributed by atoms with E-state index in [1.807, 2.05) is 47.2 Å². The van der Waals surface area contributed by atoms with E-state index in [9.17, 15) is 14.4 Å². The maximum Gasteiger partial charge on any atom is 0.293 e. The minimum Gasteiger partial charge on any atom is -0.354 e. The summed E-state index contributed by atoms with van der Waals surface area (Å²) in [4.78, 5) is 37.9. The highest BCUT2D eigenvalue weighted by atomic mass is 32.2. The maximum atomic E-state index is 12.4. The Morgan fingerprint density at radius 3 is 2.69 bits per heavy atom. The van der Waals surface area contributed by atoms with Crippen molar-refractivity contribution in [2.24, 2.45) is 0 Å². The Morgan fingerprint density at radius 2 is 1.96 bits per heavy atom. The molecule has 5 nitrogen and oxygen atoms in total. The van der Waals surface area contributed by atoms with E-state index in [0.29, 0.717) is 17.7 Å². The molecule has 0 spiro atoms. The Bertz CT molecular complexity index is 817. The standard InChI is InChI=1S/C19H18N2O3S2/c22-17(7-6-15-8-11-25-13-15)20-9-10-21-18(23)16(26-19(21)24)12-14-4-2-1-3-5-14/h1-5,8,11-13H,6-7,9-10H2,(H,20,22)/b16-12-. The predicted molar refractivity (Wildman–Crippen MR) is 105 cm³/mol. The van der Waals surface area contributed by atoms with Crippen LogP contribution in [0.2, 0.25) is 0 Å². The van der Waals surface area contributed by atoms with Gasteiger partial charge in [-0.05, 0) is 52.2 Å². The highest BCUT2D eigenvalue weighted by Gasteiger charge is 2.34. The molecule has 1 aliphatic heterocycles. The summed E-state index contributed by atoms with van der Waals surface area (Å²) >= 11 is 2.54. The SMILES string of the molecule is O=C(CCc1ccsc1)NCCN1C(=O)S/C(=C\c2ccccc2)C1=O. The third kappa shape index (κ3) is 4.83. The van der Waals surface area contributed by atoms with Crippen molar-refractivity contribution in [3.63, 3.8) is 0 Å². The van der Waals surface area contributed by atoms with Crippen LogP contribution in [-0.4, -0.2) is 35.0 Å². The third-order valence-corrected chi connectivity index (χ3v) is 5.49. The minimum atomic E-state index is -0.309. The van der Waals surface area contributed by atoms with E-state index < -0.39 is 0 Å². The first kappa shape index (κ1) is 18.4. The first-order valence-corrected chi connectivity index (χ1v) is 9.97. The fraction of sp³-hybridized carbons (Fsp3) is 0.211. The number of imide groups is 1. The normalized spacial score (nSPS) is 15.7. The molecule has 0 radical (unpaired) electrons. The van der Waals surface area contributed by atoms with E-state index in [0.717, 1.165) is 22.9 Å². The van der Waals surface area contributed by atoms with E-state index in [-0.39, 0.29) is 30.1 Å². The fourth-order valence-corrected chi connectivity index (χ4v) is 4.05. The second-order valence-corrected chi connectivity index (χ2v) is 7.50. The molecule has 1 aromatic carbocycles. The van der Waals surface area contributed by atoms with Gasteiger partial charge in [-0.15, -0.1) is 0 Å². The fourth-order valence-electron chi connectivity index (χ4n) is 2.48. The Balaban J connectivity index is 1.47. The summed E-state index contributed by atoms with van der Waals surface area (Å²) in [7, 11) is 0. The molecular formula is C19H18N2O3S2. The van der Waals surface area contributed by atoms with E-state index in [4.69, 9.17) is 0 Å². The molecule has 1 fully saturated rings. The highest BCUT2D eigenvalue weighted by Crippen LogP contribution is 2.31. The third-order valence-electron chi connectivity index (χ3n) is 3.85. The Kier molecular flexibility index (Phi) is 6.25. The molecule has 3 rings (SSSR count). The van der Waals surface area contributed by atoms with Crippen LogP contribution in [-0.2, 0) is 16.0 Å². The van der Waals surface area contributed by atoms with Gasteiger partial charge in [-0.2, -0.15) is 11.3 Å². The summed E-state index contributed by atoms with van der Waals surface area (Å²) in [5, 5.41) is 6.47. The zero-order valence-corrected chi connectivity index (χ0v) is 15.6. The summed E-state index contributed by atoms with van der Waals surface area (Å²) in [5.74, 6) is -0.389. The van der Waals surface area contributed by atoms with Crippen molar-refractivity contribution in [1.82, 2.24) is 10.2 Å². The van der Waals surface area contributed by atoms with Gasteiger partial charge in [0.15, 0.2) is 0 Å². The zero-order chi connectivity index (χ0) is 18.4. The summed E-state index contributed by atoms with van der Waals surface area (Å²) in [6.07, 6.45) is 2.80. The molecule has 1 N–H and O–H groups in total. The topological polar surface area (TPSA) is 66.5 Å². The first-order chi connectivity index (χ1) is 12.6. The minimum absolute atomic E-state index is 0.0806. The van der Waals surface area contributed by atoms with Crippen molar-refractivity contribution in [3.05, 3.63) is 63.2 Å². The molecule has 2 heterocycles. The van der Waals surface area contributed by atoms with Gasteiger partial charge in [0.2, 0.25) is 5.91 Å². The van der Waals surface area contributed by atoms with Crippen molar-refractivity contribution in [2.45, 2.75) is 12.8 Å². The van der Waals surface area contributed by atoms with Crippen LogP contribution in [0.25, 0.3) is 6.08 Å². The number of carbonyl (C=O) groups is 3. The molecule has 1 aromatic heterocycles. The number of thiophene rings is 1. The van der Waals surface area contributed by atoms with Crippen molar-refractivity contribution < 1.29 is 14.4 Å². The molecule has 134 valence electrons. The smallest absolute Gasteiger partial charge is 0.293 e. The molecule has 0 bridgehead atoms. The maximum absolute atomic E-state index is 12.4. The first-order valence-electron chi connectivity index (χ1n) is 8.21. The molecule has 0 saturated carbocycles. The summed E-state index contributed by atoms with van der Waals surface area (Å²) in [6.45, 7) is 0.445. The molecule has 0 atom stereocenters. The van der Waals surface area contributed by atoms with Crippen molar-refractivity contribution in [2.75, 3.05) is 13.1 Å². The largest absolute Gasteiger partial charge is 0.354 e. The molecular weight excluding hydrogens is 368 g/mol. The van der Waals surface area contributed by atoms with Crippen LogP contribution in [0, 0.1) is 0 Å². The number of rotatable bonds is 7. The second kappa shape index (κ2) is 8.82. The number of amides is 3. The average Bonchev–Trinajstić information content (AvgIpc) is 3.25. The molecule has 0 unspecified atom stereocenters. The zero-order valence-electron chi connectivity index (χ0n) is 14.0. The van der Waals surface area contributed by atoms with Crippen molar-refractivity contribution in [3.8, 4) is 0 Å². The molecule has 1 aliphatic rings. The van der Waals surface area contributed by atoms with Gasteiger partial charge in [-0.1, -0.05) is 30.3 Å². The summed E-state index contributed by atoms with van der Waals surface area (Å²) < 4.78 is 0. The molecule has 7 heteroatoms. The molecule has 26 heavy (non-hydrogen) atoms. The van der Waals surface area contributed by atoms with Gasteiger partial charge in [0.25, 0.3) is 11.1 Å². The van der Waals surface area contributed by atoms with Gasteiger partial charge >= 0.3 is 0 Å². The quantitative estimate of drug-likeness (QED) is 0.739. The second-order valence-electron chi connectivity index (χ2n) is 5.73. The number of nitrogens with zero attached hydrogens (tertiary/aromatic N) is 1. The molecule has 2 aromatic rings. The number of aryl methyl sites for hydroxylation is 1. The van der Waals surface area contributed by atoms with Gasteiger partial charge in [0.05, 0.1) is 4.91 Å². The Labute approximate surface area is 160 Å². The van der Waals surface area contributed by atoms with Gasteiger partial charge < -0.3 is 5.32 Å². The molecule has 3 amide bonds. The molecule has 1 saturated heterocycles. The van der Waals surface area contributed by atoms with Crippen molar-refractivity contribution in [1.29, 1.82) is 0 Å². The summed E-state index contributed by atoms with van der Waals surface area (Å²) in [5.41, 5.74) is 2.02. The van der Waals surface area contributed by atoms with Crippen LogP contribution < -0.4 is 5.32 Å². The van der Waals surface area contributed by atoms with Crippen LogP contribution in [0.1, 0.15) is 17.5 Å². The number of hydrogen-bond acceptors (Lipinski definition) is 5. The number of carbonyl (C=O) groups excluding carboxylic acids is 3. The predicted octanol–water partition coefficient (Wildman–Crippen LogP) is 3.53. The van der Waals surface area contributed by atoms with Gasteiger partial charge in [-0.3, -0.25) is 19.3 Å². The number of nitrogens with one attached hydrogen (secondary N) is 1.